The van der Waals surface area contributed by atoms with E-state index in [9.17, 15) is 13.9 Å². The SMILES string of the molecule is OC1CCOCNc2nc(Cl)ncc2N1CC(F)F. The van der Waals surface area contributed by atoms with E-state index < -0.39 is 19.2 Å². The van der Waals surface area contributed by atoms with Gasteiger partial charge in [0.1, 0.15) is 18.6 Å². The maximum atomic E-state index is 12.6. The van der Waals surface area contributed by atoms with E-state index >= 15 is 0 Å². The zero-order valence-electron chi connectivity index (χ0n) is 9.89. The number of fused-ring (bicyclic) bond motifs is 1. The van der Waals surface area contributed by atoms with Gasteiger partial charge in [0, 0.05) is 6.42 Å². The fourth-order valence-corrected chi connectivity index (χ4v) is 1.89. The van der Waals surface area contributed by atoms with Crippen LogP contribution in [0.2, 0.25) is 5.28 Å². The van der Waals surface area contributed by atoms with Crippen LogP contribution in [-0.2, 0) is 4.74 Å². The predicted octanol–water partition coefficient (Wildman–Crippen LogP) is 1.31. The number of hydrogen-bond donors (Lipinski definition) is 2. The van der Waals surface area contributed by atoms with Crippen LogP contribution in [0.25, 0.3) is 0 Å². The molecule has 1 aromatic rings. The first-order valence-electron chi connectivity index (χ1n) is 5.65. The van der Waals surface area contributed by atoms with Gasteiger partial charge in [-0.25, -0.2) is 13.8 Å². The molecule has 1 aliphatic heterocycles. The molecule has 0 spiro atoms. The van der Waals surface area contributed by atoms with Crippen molar-refractivity contribution in [2.75, 3.05) is 30.1 Å². The number of aliphatic hydroxyl groups is 1. The number of nitrogens with one attached hydrogen (secondary N) is 1. The van der Waals surface area contributed by atoms with Crippen LogP contribution in [0.3, 0.4) is 0 Å². The summed E-state index contributed by atoms with van der Waals surface area (Å²) in [5, 5.41) is 12.8. The third kappa shape index (κ3) is 3.62. The molecule has 0 saturated heterocycles. The van der Waals surface area contributed by atoms with E-state index in [-0.39, 0.29) is 36.5 Å². The van der Waals surface area contributed by atoms with Crippen molar-refractivity contribution >= 4 is 23.1 Å². The van der Waals surface area contributed by atoms with Gasteiger partial charge in [0.05, 0.1) is 19.3 Å². The van der Waals surface area contributed by atoms with Gasteiger partial charge in [-0.3, -0.25) is 0 Å². The first kappa shape index (κ1) is 14.2. The van der Waals surface area contributed by atoms with E-state index in [0.717, 1.165) is 4.90 Å². The Bertz CT molecular complexity index is 438. The quantitative estimate of drug-likeness (QED) is 0.802. The summed E-state index contributed by atoms with van der Waals surface area (Å²) < 4.78 is 30.4. The molecule has 0 radical (unpaired) electrons. The number of nitrogens with zero attached hydrogens (tertiary/aromatic N) is 3. The van der Waals surface area contributed by atoms with Gasteiger partial charge in [0.25, 0.3) is 6.43 Å². The lowest BCUT2D eigenvalue weighted by Gasteiger charge is -2.29. The molecule has 1 atom stereocenters. The number of hydrogen-bond acceptors (Lipinski definition) is 6. The molecule has 0 saturated carbocycles. The molecule has 0 bridgehead atoms. The lowest BCUT2D eigenvalue weighted by Crippen LogP contribution is -2.39. The Morgan fingerprint density at radius 1 is 1.63 bits per heavy atom. The summed E-state index contributed by atoms with van der Waals surface area (Å²) in [6.45, 7) is -0.237. The van der Waals surface area contributed by atoms with Gasteiger partial charge in [-0.2, -0.15) is 4.98 Å². The molecule has 1 aliphatic rings. The van der Waals surface area contributed by atoms with E-state index in [2.05, 4.69) is 15.3 Å². The molecule has 2 N–H and O–H groups in total. The summed E-state index contributed by atoms with van der Waals surface area (Å²) in [5.74, 6) is 0.251. The maximum absolute atomic E-state index is 12.6. The summed E-state index contributed by atoms with van der Waals surface area (Å²) in [5.41, 5.74) is 0.266. The molecule has 2 heterocycles. The molecule has 19 heavy (non-hydrogen) atoms. The smallest absolute Gasteiger partial charge is 0.255 e. The second-order valence-corrected chi connectivity index (χ2v) is 4.25. The first-order chi connectivity index (χ1) is 9.08. The maximum Gasteiger partial charge on any atom is 0.255 e. The van der Waals surface area contributed by atoms with Gasteiger partial charge in [-0.1, -0.05) is 0 Å². The minimum absolute atomic E-state index is 0.0167. The van der Waals surface area contributed by atoms with Crippen molar-refractivity contribution in [2.45, 2.75) is 19.1 Å². The van der Waals surface area contributed by atoms with Crippen molar-refractivity contribution in [1.82, 2.24) is 9.97 Å². The molecule has 0 fully saturated rings. The lowest BCUT2D eigenvalue weighted by molar-refractivity contribution is 0.0771. The van der Waals surface area contributed by atoms with Crippen molar-refractivity contribution in [3.05, 3.63) is 11.5 Å². The minimum Gasteiger partial charge on any atom is -0.374 e. The Morgan fingerprint density at radius 3 is 3.16 bits per heavy atom. The van der Waals surface area contributed by atoms with Crippen LogP contribution in [0, 0.1) is 0 Å². The molecule has 106 valence electrons. The Kier molecular flexibility index (Phi) is 4.67. The molecular weight excluding hydrogens is 282 g/mol. The molecule has 0 aromatic carbocycles. The second kappa shape index (κ2) is 6.27. The number of halogens is 3. The molecule has 2 rings (SSSR count). The highest BCUT2D eigenvalue weighted by atomic mass is 35.5. The van der Waals surface area contributed by atoms with Crippen molar-refractivity contribution in [3.8, 4) is 0 Å². The van der Waals surface area contributed by atoms with Crippen LogP contribution in [0.4, 0.5) is 20.3 Å². The summed E-state index contributed by atoms with van der Waals surface area (Å²) in [6, 6.07) is 0. The molecule has 1 unspecified atom stereocenters. The molecule has 6 nitrogen and oxygen atoms in total. The predicted molar refractivity (Wildman–Crippen MR) is 65.5 cm³/mol. The highest BCUT2D eigenvalue weighted by Gasteiger charge is 2.25. The Hall–Kier alpha value is -1.25. The lowest BCUT2D eigenvalue weighted by atomic mass is 10.3. The van der Waals surface area contributed by atoms with Crippen LogP contribution in [0.5, 0.6) is 0 Å². The summed E-state index contributed by atoms with van der Waals surface area (Å²) in [4.78, 5) is 8.81. The van der Waals surface area contributed by atoms with Crippen LogP contribution in [-0.4, -0.2) is 47.6 Å². The number of aromatic nitrogens is 2. The molecule has 1 aromatic heterocycles. The number of alkyl halides is 2. The topological polar surface area (TPSA) is 70.5 Å². The summed E-state index contributed by atoms with van der Waals surface area (Å²) in [7, 11) is 0. The number of anilines is 2. The Balaban J connectivity index is 2.37. The van der Waals surface area contributed by atoms with Gasteiger partial charge in [-0.05, 0) is 11.6 Å². The standard InChI is InChI=1S/C10H13ClF2N4O2/c11-10-14-3-6-9(16-10)15-5-19-2-1-8(18)17(6)4-7(12)13/h3,7-8,18H,1-2,4-5H2,(H,14,15,16). The summed E-state index contributed by atoms with van der Waals surface area (Å²) in [6.07, 6.45) is -2.19. The third-order valence-corrected chi connectivity index (χ3v) is 2.79. The average molecular weight is 295 g/mol. The fourth-order valence-electron chi connectivity index (χ4n) is 1.76. The van der Waals surface area contributed by atoms with Gasteiger partial charge in [0.15, 0.2) is 5.82 Å². The van der Waals surface area contributed by atoms with Crippen LogP contribution in [0.1, 0.15) is 6.42 Å². The van der Waals surface area contributed by atoms with Gasteiger partial charge in [-0.15, -0.1) is 0 Å². The van der Waals surface area contributed by atoms with Crippen molar-refractivity contribution < 1.29 is 18.6 Å². The highest BCUT2D eigenvalue weighted by molar-refractivity contribution is 6.28. The first-order valence-corrected chi connectivity index (χ1v) is 6.02. The Labute approximate surface area is 113 Å². The van der Waals surface area contributed by atoms with Gasteiger partial charge in [0.2, 0.25) is 5.28 Å². The fraction of sp³-hybridized carbons (Fsp3) is 0.600. The van der Waals surface area contributed by atoms with Crippen LogP contribution < -0.4 is 10.2 Å². The summed E-state index contributed by atoms with van der Waals surface area (Å²) >= 11 is 5.67. The van der Waals surface area contributed by atoms with Crippen LogP contribution in [0.15, 0.2) is 6.20 Å². The normalized spacial score (nSPS) is 20.3. The van der Waals surface area contributed by atoms with Crippen molar-refractivity contribution in [3.63, 3.8) is 0 Å². The molecule has 0 aliphatic carbocycles. The second-order valence-electron chi connectivity index (χ2n) is 3.91. The third-order valence-electron chi connectivity index (χ3n) is 2.61. The molecule has 0 amide bonds. The van der Waals surface area contributed by atoms with Crippen molar-refractivity contribution in [1.29, 1.82) is 0 Å². The van der Waals surface area contributed by atoms with E-state index in [0.29, 0.717) is 0 Å². The van der Waals surface area contributed by atoms with E-state index in [1.807, 2.05) is 0 Å². The zero-order valence-corrected chi connectivity index (χ0v) is 10.6. The zero-order chi connectivity index (χ0) is 13.8. The van der Waals surface area contributed by atoms with Gasteiger partial charge < -0.3 is 20.1 Å². The van der Waals surface area contributed by atoms with Crippen LogP contribution >= 0.6 is 11.6 Å². The van der Waals surface area contributed by atoms with Crippen molar-refractivity contribution in [2.24, 2.45) is 0 Å². The average Bonchev–Trinajstić information content (AvgIpc) is 2.41. The minimum atomic E-state index is -2.60. The monoisotopic (exact) mass is 294 g/mol. The largest absolute Gasteiger partial charge is 0.374 e. The van der Waals surface area contributed by atoms with E-state index in [1.165, 1.54) is 6.20 Å². The molecular formula is C10H13ClF2N4O2. The molecule has 9 heteroatoms. The van der Waals surface area contributed by atoms with Gasteiger partial charge >= 0.3 is 0 Å². The number of ether oxygens (including phenoxy) is 1. The number of rotatable bonds is 2. The van der Waals surface area contributed by atoms with E-state index in [1.54, 1.807) is 0 Å². The Morgan fingerprint density at radius 2 is 2.42 bits per heavy atom. The number of aliphatic hydroxyl groups excluding tert-OH is 1. The highest BCUT2D eigenvalue weighted by Crippen LogP contribution is 2.27. The van der Waals surface area contributed by atoms with E-state index in [4.69, 9.17) is 16.3 Å².